The van der Waals surface area contributed by atoms with Crippen LogP contribution in [0.3, 0.4) is 0 Å². The van der Waals surface area contributed by atoms with Gasteiger partial charge in [0.15, 0.2) is 11.5 Å². The molecule has 0 spiro atoms. The van der Waals surface area contributed by atoms with Crippen molar-refractivity contribution in [2.24, 2.45) is 11.7 Å². The normalized spacial score (nSPS) is 13.6. The van der Waals surface area contributed by atoms with Crippen LogP contribution in [0, 0.1) is 5.92 Å². The third-order valence-electron chi connectivity index (χ3n) is 4.04. The molecular weight excluding hydrogens is 410 g/mol. The van der Waals surface area contributed by atoms with E-state index < -0.39 is 42.1 Å². The van der Waals surface area contributed by atoms with E-state index in [9.17, 15) is 24.3 Å². The molecule has 0 aliphatic rings. The van der Waals surface area contributed by atoms with Crippen LogP contribution >= 0.6 is 0 Å². The Bertz CT molecular complexity index is 806. The van der Waals surface area contributed by atoms with Crippen LogP contribution in [0.15, 0.2) is 18.2 Å². The van der Waals surface area contributed by atoms with Crippen molar-refractivity contribution in [1.82, 2.24) is 0 Å². The van der Waals surface area contributed by atoms with Gasteiger partial charge in [-0.25, -0.2) is 4.79 Å². The summed E-state index contributed by atoms with van der Waals surface area (Å²) in [5, 5.41) is 9.43. The van der Waals surface area contributed by atoms with Gasteiger partial charge in [0.1, 0.15) is 12.1 Å². The molecule has 0 saturated heterocycles. The molecule has 3 atom stereocenters. The SMILES string of the molecule is CC(=O)Oc1ccc(C(CC(C)OC(=O)OCC(C)C)[C@H](N)C(=O)O)cc1OC(C)=O. The van der Waals surface area contributed by atoms with Gasteiger partial charge in [-0.05, 0) is 37.0 Å². The summed E-state index contributed by atoms with van der Waals surface area (Å²) in [7, 11) is 0. The van der Waals surface area contributed by atoms with E-state index in [-0.39, 0.29) is 30.4 Å². The molecule has 0 heterocycles. The van der Waals surface area contributed by atoms with Crippen molar-refractivity contribution in [1.29, 1.82) is 0 Å². The van der Waals surface area contributed by atoms with Gasteiger partial charge in [0.25, 0.3) is 0 Å². The largest absolute Gasteiger partial charge is 0.508 e. The van der Waals surface area contributed by atoms with E-state index in [2.05, 4.69) is 0 Å². The second-order valence-corrected chi connectivity index (χ2v) is 7.48. The number of hydrogen-bond acceptors (Lipinski definition) is 9. The smallest absolute Gasteiger partial charge is 0.480 e. The first kappa shape index (κ1) is 25.9. The Hall–Kier alpha value is -3.14. The van der Waals surface area contributed by atoms with Crippen molar-refractivity contribution >= 4 is 24.1 Å². The van der Waals surface area contributed by atoms with Crippen molar-refractivity contribution in [3.05, 3.63) is 23.8 Å². The molecule has 1 rings (SSSR count). The fraction of sp³-hybridized carbons (Fsp3) is 0.524. The van der Waals surface area contributed by atoms with Crippen LogP contribution in [-0.2, 0) is 23.9 Å². The molecule has 0 radical (unpaired) electrons. The second kappa shape index (κ2) is 11.9. The molecule has 0 amide bonds. The molecule has 0 aliphatic heterocycles. The molecule has 1 aromatic carbocycles. The third-order valence-corrected chi connectivity index (χ3v) is 4.04. The van der Waals surface area contributed by atoms with Gasteiger partial charge in [0, 0.05) is 19.8 Å². The number of carbonyl (C=O) groups is 4. The van der Waals surface area contributed by atoms with Crippen molar-refractivity contribution in [3.63, 3.8) is 0 Å². The number of aliphatic carboxylic acids is 1. The minimum absolute atomic E-state index is 0.00402. The average molecular weight is 439 g/mol. The number of hydrogen-bond donors (Lipinski definition) is 2. The predicted molar refractivity (Wildman–Crippen MR) is 109 cm³/mol. The van der Waals surface area contributed by atoms with E-state index in [1.165, 1.54) is 32.0 Å². The summed E-state index contributed by atoms with van der Waals surface area (Å²) >= 11 is 0. The fourth-order valence-corrected chi connectivity index (χ4v) is 2.73. The molecular formula is C21H29NO9. The Kier molecular flexibility index (Phi) is 9.94. The van der Waals surface area contributed by atoms with Gasteiger partial charge in [-0.2, -0.15) is 0 Å². The number of ether oxygens (including phenoxy) is 4. The van der Waals surface area contributed by atoms with E-state index in [1.54, 1.807) is 6.92 Å². The maximum atomic E-state index is 11.8. The van der Waals surface area contributed by atoms with Gasteiger partial charge < -0.3 is 29.8 Å². The Morgan fingerprint density at radius 2 is 1.58 bits per heavy atom. The first-order valence-electron chi connectivity index (χ1n) is 9.73. The average Bonchev–Trinajstić information content (AvgIpc) is 2.64. The number of benzene rings is 1. The lowest BCUT2D eigenvalue weighted by Gasteiger charge is -2.25. The molecule has 0 aliphatic carbocycles. The zero-order valence-corrected chi connectivity index (χ0v) is 18.2. The van der Waals surface area contributed by atoms with Crippen LogP contribution in [-0.4, -0.2) is 47.9 Å². The summed E-state index contributed by atoms with van der Waals surface area (Å²) in [6.45, 7) is 7.87. The van der Waals surface area contributed by atoms with E-state index >= 15 is 0 Å². The highest BCUT2D eigenvalue weighted by molar-refractivity contribution is 5.76. The standard InChI is InChI=1S/C21H29NO9/c1-11(2)10-28-21(27)29-12(3)8-16(19(22)20(25)26)15-6-7-17(30-13(4)23)18(9-15)31-14(5)24/h6-7,9,11-12,16,19H,8,10,22H2,1-5H3,(H,25,26)/t12?,16?,19-/m0/s1. The highest BCUT2D eigenvalue weighted by Crippen LogP contribution is 2.34. The Morgan fingerprint density at radius 1 is 1.00 bits per heavy atom. The van der Waals surface area contributed by atoms with E-state index in [1.807, 2.05) is 13.8 Å². The van der Waals surface area contributed by atoms with E-state index in [0.717, 1.165) is 0 Å². The van der Waals surface area contributed by atoms with Crippen molar-refractivity contribution in [2.45, 2.75) is 59.1 Å². The van der Waals surface area contributed by atoms with Crippen LogP contribution in [0.4, 0.5) is 4.79 Å². The lowest BCUT2D eigenvalue weighted by Crippen LogP contribution is -2.38. The first-order chi connectivity index (χ1) is 14.4. The quantitative estimate of drug-likeness (QED) is 0.411. The van der Waals surface area contributed by atoms with Gasteiger partial charge in [-0.15, -0.1) is 0 Å². The van der Waals surface area contributed by atoms with Gasteiger partial charge in [0.2, 0.25) is 0 Å². The van der Waals surface area contributed by atoms with Gasteiger partial charge in [-0.3, -0.25) is 14.4 Å². The highest BCUT2D eigenvalue weighted by Gasteiger charge is 2.30. The number of rotatable bonds is 10. The number of carboxylic acids is 1. The summed E-state index contributed by atoms with van der Waals surface area (Å²) in [4.78, 5) is 46.1. The number of nitrogens with two attached hydrogens (primary N) is 1. The summed E-state index contributed by atoms with van der Waals surface area (Å²) < 4.78 is 20.3. The number of esters is 2. The van der Waals surface area contributed by atoms with Crippen molar-refractivity contribution in [3.8, 4) is 11.5 Å². The van der Waals surface area contributed by atoms with Crippen LogP contribution in [0.1, 0.15) is 52.5 Å². The molecule has 10 nitrogen and oxygen atoms in total. The Balaban J connectivity index is 3.14. The van der Waals surface area contributed by atoms with Crippen LogP contribution < -0.4 is 15.2 Å². The number of carbonyl (C=O) groups excluding carboxylic acids is 3. The molecule has 1 aromatic rings. The van der Waals surface area contributed by atoms with E-state index in [4.69, 9.17) is 24.7 Å². The minimum atomic E-state index is -1.34. The summed E-state index contributed by atoms with van der Waals surface area (Å²) in [6, 6.07) is 2.90. The second-order valence-electron chi connectivity index (χ2n) is 7.48. The minimum Gasteiger partial charge on any atom is -0.480 e. The van der Waals surface area contributed by atoms with Crippen LogP contribution in [0.5, 0.6) is 11.5 Å². The van der Waals surface area contributed by atoms with Gasteiger partial charge in [-0.1, -0.05) is 19.9 Å². The third kappa shape index (κ3) is 9.04. The summed E-state index contributed by atoms with van der Waals surface area (Å²) in [5.41, 5.74) is 6.27. The molecule has 0 bridgehead atoms. The molecule has 0 aromatic heterocycles. The van der Waals surface area contributed by atoms with Crippen molar-refractivity contribution in [2.75, 3.05) is 6.61 Å². The topological polar surface area (TPSA) is 151 Å². The monoisotopic (exact) mass is 439 g/mol. The van der Waals surface area contributed by atoms with Crippen LogP contribution in [0.25, 0.3) is 0 Å². The maximum Gasteiger partial charge on any atom is 0.508 e. The summed E-state index contributed by atoms with van der Waals surface area (Å²) in [6.07, 6.45) is -1.54. The van der Waals surface area contributed by atoms with Crippen molar-refractivity contribution < 1.29 is 43.2 Å². The van der Waals surface area contributed by atoms with Crippen LogP contribution in [0.2, 0.25) is 0 Å². The highest BCUT2D eigenvalue weighted by atomic mass is 16.7. The molecule has 2 unspecified atom stereocenters. The zero-order chi connectivity index (χ0) is 23.7. The Morgan fingerprint density at radius 3 is 2.10 bits per heavy atom. The molecule has 10 heteroatoms. The molecule has 0 fully saturated rings. The molecule has 3 N–H and O–H groups in total. The summed E-state index contributed by atoms with van der Waals surface area (Å²) in [5.74, 6) is -3.30. The molecule has 172 valence electrons. The Labute approximate surface area is 180 Å². The molecule has 0 saturated carbocycles. The maximum absolute atomic E-state index is 11.8. The molecule has 31 heavy (non-hydrogen) atoms. The fourth-order valence-electron chi connectivity index (χ4n) is 2.73. The first-order valence-corrected chi connectivity index (χ1v) is 9.73. The zero-order valence-electron chi connectivity index (χ0n) is 18.2. The lowest BCUT2D eigenvalue weighted by atomic mass is 9.87. The predicted octanol–water partition coefficient (Wildman–Crippen LogP) is 2.62. The van der Waals surface area contributed by atoms with Gasteiger partial charge >= 0.3 is 24.1 Å². The van der Waals surface area contributed by atoms with Gasteiger partial charge in [0.05, 0.1) is 6.61 Å². The lowest BCUT2D eigenvalue weighted by molar-refractivity contribution is -0.139. The number of carboxylic acid groups (broad SMARTS) is 1. The van der Waals surface area contributed by atoms with E-state index in [0.29, 0.717) is 5.56 Å².